The van der Waals surface area contributed by atoms with Crippen LogP contribution in [-0.4, -0.2) is 40.0 Å². The van der Waals surface area contributed by atoms with Gasteiger partial charge in [-0.15, -0.1) is 16.8 Å². The Balaban J connectivity index is 1.87. The number of hydrogen-bond acceptors (Lipinski definition) is 6. The van der Waals surface area contributed by atoms with E-state index in [-0.39, 0.29) is 11.0 Å². The van der Waals surface area contributed by atoms with Crippen LogP contribution in [0.2, 0.25) is 0 Å². The van der Waals surface area contributed by atoms with Gasteiger partial charge in [0, 0.05) is 12.1 Å². The summed E-state index contributed by atoms with van der Waals surface area (Å²) in [5.41, 5.74) is 1.47. The van der Waals surface area contributed by atoms with Crippen LogP contribution in [0.1, 0.15) is 17.3 Å². The molecule has 0 saturated carbocycles. The summed E-state index contributed by atoms with van der Waals surface area (Å²) in [5.74, 6) is 2.12. The van der Waals surface area contributed by atoms with Crippen LogP contribution in [0, 0.1) is 0 Å². The van der Waals surface area contributed by atoms with Gasteiger partial charge in [0.05, 0.1) is 25.0 Å². The molecule has 29 heavy (non-hydrogen) atoms. The summed E-state index contributed by atoms with van der Waals surface area (Å²) in [7, 11) is 3.22. The van der Waals surface area contributed by atoms with Gasteiger partial charge < -0.3 is 9.47 Å². The van der Waals surface area contributed by atoms with Gasteiger partial charge in [-0.1, -0.05) is 30.0 Å². The van der Waals surface area contributed by atoms with Crippen LogP contribution in [0.3, 0.4) is 0 Å². The van der Waals surface area contributed by atoms with Crippen molar-refractivity contribution in [2.75, 3.05) is 14.2 Å². The Morgan fingerprint density at radius 3 is 2.52 bits per heavy atom. The van der Waals surface area contributed by atoms with E-state index in [0.29, 0.717) is 34.6 Å². The van der Waals surface area contributed by atoms with Gasteiger partial charge in [0.1, 0.15) is 11.5 Å². The number of carbonyl (C=O) groups is 1. The van der Waals surface area contributed by atoms with Crippen LogP contribution >= 0.6 is 11.8 Å². The summed E-state index contributed by atoms with van der Waals surface area (Å²) in [5, 5.41) is 9.01. The van der Waals surface area contributed by atoms with Crippen molar-refractivity contribution < 1.29 is 14.3 Å². The lowest BCUT2D eigenvalue weighted by Crippen LogP contribution is -2.14. The van der Waals surface area contributed by atoms with E-state index in [4.69, 9.17) is 9.47 Å². The lowest BCUT2D eigenvalue weighted by molar-refractivity contribution is 0.0994. The highest BCUT2D eigenvalue weighted by Crippen LogP contribution is 2.32. The quantitative estimate of drug-likeness (QED) is 0.294. The van der Waals surface area contributed by atoms with E-state index >= 15 is 0 Å². The first-order chi connectivity index (χ1) is 14.1. The van der Waals surface area contributed by atoms with Crippen molar-refractivity contribution >= 4 is 17.5 Å². The number of hydrogen-bond donors (Lipinski definition) is 0. The molecule has 0 amide bonds. The number of para-hydroxylation sites is 1. The molecule has 0 fully saturated rings. The molecule has 2 aromatic carbocycles. The average Bonchev–Trinajstić information content (AvgIpc) is 3.15. The minimum absolute atomic E-state index is 0.0182. The molecule has 3 rings (SSSR count). The number of Topliss-reactive ketones (excluding diaryl/α,β-unsaturated/α-hetero) is 1. The molecule has 1 unspecified atom stereocenters. The fourth-order valence-electron chi connectivity index (χ4n) is 2.90. The van der Waals surface area contributed by atoms with Crippen molar-refractivity contribution in [2.24, 2.45) is 0 Å². The van der Waals surface area contributed by atoms with Crippen LogP contribution < -0.4 is 9.47 Å². The minimum Gasteiger partial charge on any atom is -0.497 e. The molecule has 0 aliphatic rings. The lowest BCUT2D eigenvalue weighted by Gasteiger charge is -2.13. The predicted octanol–water partition coefficient (Wildman–Crippen LogP) is 4.51. The summed E-state index contributed by atoms with van der Waals surface area (Å²) < 4.78 is 12.6. The number of aromatic nitrogens is 3. The second kappa shape index (κ2) is 9.43. The average molecular weight is 410 g/mol. The molecule has 6 nitrogen and oxygen atoms in total. The Morgan fingerprint density at radius 1 is 1.14 bits per heavy atom. The van der Waals surface area contributed by atoms with Gasteiger partial charge in [-0.05, 0) is 43.3 Å². The largest absolute Gasteiger partial charge is 0.497 e. The van der Waals surface area contributed by atoms with E-state index in [9.17, 15) is 4.79 Å². The molecule has 0 aliphatic heterocycles. The number of benzene rings is 2. The first-order valence-electron chi connectivity index (χ1n) is 9.11. The zero-order chi connectivity index (χ0) is 20.8. The third-order valence-corrected chi connectivity index (χ3v) is 5.48. The van der Waals surface area contributed by atoms with Crippen LogP contribution in [0.5, 0.6) is 11.5 Å². The summed E-state index contributed by atoms with van der Waals surface area (Å²) in [4.78, 5) is 12.8. The Bertz CT molecular complexity index is 999. The van der Waals surface area contributed by atoms with Gasteiger partial charge in [-0.3, -0.25) is 9.36 Å². The minimum atomic E-state index is -0.332. The maximum Gasteiger partial charge on any atom is 0.192 e. The van der Waals surface area contributed by atoms with Gasteiger partial charge >= 0.3 is 0 Å². The third kappa shape index (κ3) is 4.51. The zero-order valence-electron chi connectivity index (χ0n) is 16.7. The molecule has 0 N–H and O–H groups in total. The van der Waals surface area contributed by atoms with Gasteiger partial charge in [0.15, 0.2) is 16.8 Å². The monoisotopic (exact) mass is 409 g/mol. The van der Waals surface area contributed by atoms with Crippen molar-refractivity contribution in [3.05, 3.63) is 66.7 Å². The number of thioether (sulfide) groups is 1. The Morgan fingerprint density at radius 2 is 1.86 bits per heavy atom. The number of rotatable bonds is 9. The van der Waals surface area contributed by atoms with Gasteiger partial charge in [-0.25, -0.2) is 0 Å². The molecular formula is C22H23N3O3S. The van der Waals surface area contributed by atoms with E-state index in [1.165, 1.54) is 11.8 Å². The molecule has 1 aromatic heterocycles. The maximum absolute atomic E-state index is 12.8. The third-order valence-electron chi connectivity index (χ3n) is 4.40. The van der Waals surface area contributed by atoms with E-state index in [1.54, 1.807) is 44.6 Å². The summed E-state index contributed by atoms with van der Waals surface area (Å²) >= 11 is 1.37. The van der Waals surface area contributed by atoms with Crippen LogP contribution in [0.15, 0.2) is 66.3 Å². The summed E-state index contributed by atoms with van der Waals surface area (Å²) in [6, 6.07) is 14.7. The fourth-order valence-corrected chi connectivity index (χ4v) is 3.84. The van der Waals surface area contributed by atoms with E-state index in [2.05, 4.69) is 16.8 Å². The van der Waals surface area contributed by atoms with Gasteiger partial charge in [0.2, 0.25) is 0 Å². The van der Waals surface area contributed by atoms with Crippen LogP contribution in [0.25, 0.3) is 11.4 Å². The Kier molecular flexibility index (Phi) is 6.72. The van der Waals surface area contributed by atoms with E-state index < -0.39 is 0 Å². The number of allylic oxidation sites excluding steroid dienone is 1. The van der Waals surface area contributed by atoms with Crippen LogP contribution in [0.4, 0.5) is 0 Å². The van der Waals surface area contributed by atoms with Gasteiger partial charge in [-0.2, -0.15) is 0 Å². The van der Waals surface area contributed by atoms with Crippen molar-refractivity contribution in [2.45, 2.75) is 23.9 Å². The van der Waals surface area contributed by atoms with E-state index in [0.717, 1.165) is 5.56 Å². The van der Waals surface area contributed by atoms with Crippen molar-refractivity contribution in [3.8, 4) is 22.9 Å². The first-order valence-corrected chi connectivity index (χ1v) is 9.99. The normalized spacial score (nSPS) is 11.7. The second-order valence-electron chi connectivity index (χ2n) is 6.26. The molecule has 1 atom stereocenters. The smallest absolute Gasteiger partial charge is 0.192 e. The summed E-state index contributed by atoms with van der Waals surface area (Å²) in [6.07, 6.45) is 1.78. The second-order valence-corrected chi connectivity index (χ2v) is 7.57. The van der Waals surface area contributed by atoms with Crippen molar-refractivity contribution in [1.29, 1.82) is 0 Å². The number of ketones is 1. The number of carbonyl (C=O) groups excluding carboxylic acids is 1. The standard InChI is InChI=1S/C22H23N3O3S/c1-5-14-25-21(18-8-6-7-9-19(18)28-4)23-24-22(25)29-15(2)20(26)16-10-12-17(27-3)13-11-16/h5-13,15H,1,14H2,2-4H3. The fraction of sp³-hybridized carbons (Fsp3) is 0.227. The Hall–Kier alpha value is -3.06. The highest BCUT2D eigenvalue weighted by atomic mass is 32.2. The number of nitrogens with zero attached hydrogens (tertiary/aromatic N) is 3. The molecule has 0 saturated heterocycles. The molecule has 3 aromatic rings. The van der Waals surface area contributed by atoms with Gasteiger partial charge in [0.25, 0.3) is 0 Å². The molecular weight excluding hydrogens is 386 g/mol. The zero-order valence-corrected chi connectivity index (χ0v) is 17.5. The number of ether oxygens (including phenoxy) is 2. The molecule has 0 bridgehead atoms. The lowest BCUT2D eigenvalue weighted by atomic mass is 10.1. The van der Waals surface area contributed by atoms with Crippen molar-refractivity contribution in [3.63, 3.8) is 0 Å². The molecule has 7 heteroatoms. The van der Waals surface area contributed by atoms with E-state index in [1.807, 2.05) is 35.8 Å². The molecule has 0 radical (unpaired) electrons. The van der Waals surface area contributed by atoms with Crippen molar-refractivity contribution in [1.82, 2.24) is 14.8 Å². The SMILES string of the molecule is C=CCn1c(SC(C)C(=O)c2ccc(OC)cc2)nnc1-c1ccccc1OC. The highest BCUT2D eigenvalue weighted by Gasteiger charge is 2.22. The maximum atomic E-state index is 12.8. The molecule has 0 spiro atoms. The topological polar surface area (TPSA) is 66.2 Å². The molecule has 0 aliphatic carbocycles. The molecule has 1 heterocycles. The first kappa shape index (κ1) is 20.7. The summed E-state index contributed by atoms with van der Waals surface area (Å²) in [6.45, 7) is 6.22. The van der Waals surface area contributed by atoms with Crippen LogP contribution in [-0.2, 0) is 6.54 Å². The Labute approximate surface area is 174 Å². The highest BCUT2D eigenvalue weighted by molar-refractivity contribution is 8.00. The predicted molar refractivity (Wildman–Crippen MR) is 115 cm³/mol. The number of methoxy groups -OCH3 is 2. The molecule has 150 valence electrons.